The molecule has 0 aliphatic rings. The minimum Gasteiger partial charge on any atom is -0.497 e. The molecule has 0 amide bonds. The highest BCUT2D eigenvalue weighted by atomic mass is 16.5. The average molecular weight is 207 g/mol. The Hall–Kier alpha value is -1.71. The summed E-state index contributed by atoms with van der Waals surface area (Å²) in [6.07, 6.45) is 0.414. The molecule has 1 aromatic rings. The molecule has 0 heterocycles. The van der Waals surface area contributed by atoms with Crippen LogP contribution in [0.5, 0.6) is 5.75 Å². The SMILES string of the molecule is COc1cccc(C(CCO)N=[N+]=[N-])c1. The van der Waals surface area contributed by atoms with Crippen molar-refractivity contribution in [3.05, 3.63) is 40.3 Å². The van der Waals surface area contributed by atoms with E-state index in [0.29, 0.717) is 12.2 Å². The van der Waals surface area contributed by atoms with Gasteiger partial charge in [0.25, 0.3) is 0 Å². The number of methoxy groups -OCH3 is 1. The summed E-state index contributed by atoms with van der Waals surface area (Å²) in [6, 6.07) is 6.95. The van der Waals surface area contributed by atoms with E-state index in [1.165, 1.54) is 0 Å². The number of hydrogen-bond acceptors (Lipinski definition) is 3. The summed E-state index contributed by atoms with van der Waals surface area (Å²) in [7, 11) is 1.58. The zero-order valence-electron chi connectivity index (χ0n) is 8.50. The molecule has 0 saturated heterocycles. The fraction of sp³-hybridized carbons (Fsp3) is 0.400. The summed E-state index contributed by atoms with van der Waals surface area (Å²) < 4.78 is 5.06. The molecule has 0 saturated carbocycles. The molecule has 0 radical (unpaired) electrons. The first-order valence-electron chi connectivity index (χ1n) is 4.61. The molecule has 1 rings (SSSR count). The third-order valence-corrected chi connectivity index (χ3v) is 2.07. The van der Waals surface area contributed by atoms with E-state index in [-0.39, 0.29) is 12.6 Å². The van der Waals surface area contributed by atoms with Gasteiger partial charge in [-0.3, -0.25) is 0 Å². The standard InChI is InChI=1S/C10H13N3O2/c1-15-9-4-2-3-8(7-9)10(5-6-14)12-13-11/h2-4,7,10,14H,5-6H2,1H3. The quantitative estimate of drug-likeness (QED) is 0.457. The number of nitrogens with zero attached hydrogens (tertiary/aromatic N) is 3. The first-order valence-corrected chi connectivity index (χ1v) is 4.61. The molecule has 5 heteroatoms. The van der Waals surface area contributed by atoms with E-state index < -0.39 is 0 Å². The predicted molar refractivity (Wildman–Crippen MR) is 56.6 cm³/mol. The predicted octanol–water partition coefficient (Wildman–Crippen LogP) is 2.43. The van der Waals surface area contributed by atoms with Gasteiger partial charge in [-0.2, -0.15) is 0 Å². The Labute approximate surface area is 87.9 Å². The van der Waals surface area contributed by atoms with Crippen LogP contribution >= 0.6 is 0 Å². The Balaban J connectivity index is 2.93. The van der Waals surface area contributed by atoms with Crippen LogP contribution in [0.3, 0.4) is 0 Å². The molecule has 0 aliphatic heterocycles. The third kappa shape index (κ3) is 3.16. The van der Waals surface area contributed by atoms with Crippen molar-refractivity contribution in [2.24, 2.45) is 5.11 Å². The minimum atomic E-state index is -0.338. The molecule has 1 N–H and O–H groups in total. The second-order valence-electron chi connectivity index (χ2n) is 3.01. The van der Waals surface area contributed by atoms with Gasteiger partial charge in [-0.05, 0) is 29.6 Å². The van der Waals surface area contributed by atoms with E-state index in [2.05, 4.69) is 10.0 Å². The van der Waals surface area contributed by atoms with Crippen molar-refractivity contribution in [3.63, 3.8) is 0 Å². The minimum absolute atomic E-state index is 0.0130. The summed E-state index contributed by atoms with van der Waals surface area (Å²) in [5, 5.41) is 12.5. The second-order valence-corrected chi connectivity index (χ2v) is 3.01. The van der Waals surface area contributed by atoms with Crippen molar-refractivity contribution >= 4 is 0 Å². The third-order valence-electron chi connectivity index (χ3n) is 2.07. The van der Waals surface area contributed by atoms with Gasteiger partial charge in [0.05, 0.1) is 13.2 Å². The molecule has 80 valence electrons. The van der Waals surface area contributed by atoms with Crippen molar-refractivity contribution in [3.8, 4) is 5.75 Å². The molecule has 0 spiro atoms. The number of rotatable bonds is 5. The van der Waals surface area contributed by atoms with Crippen LogP contribution in [0.25, 0.3) is 10.4 Å². The Bertz CT molecular complexity index is 361. The van der Waals surface area contributed by atoms with Crippen LogP contribution in [0.15, 0.2) is 29.4 Å². The van der Waals surface area contributed by atoms with E-state index in [9.17, 15) is 0 Å². The van der Waals surface area contributed by atoms with Gasteiger partial charge in [0, 0.05) is 11.5 Å². The smallest absolute Gasteiger partial charge is 0.119 e. The van der Waals surface area contributed by atoms with Gasteiger partial charge in [-0.15, -0.1) is 0 Å². The molecule has 15 heavy (non-hydrogen) atoms. The molecule has 0 aromatic heterocycles. The van der Waals surface area contributed by atoms with E-state index in [0.717, 1.165) is 5.56 Å². The maximum Gasteiger partial charge on any atom is 0.119 e. The van der Waals surface area contributed by atoms with Gasteiger partial charge in [0.15, 0.2) is 0 Å². The molecule has 1 unspecified atom stereocenters. The van der Waals surface area contributed by atoms with Gasteiger partial charge >= 0.3 is 0 Å². The monoisotopic (exact) mass is 207 g/mol. The van der Waals surface area contributed by atoms with Crippen LogP contribution in [0.1, 0.15) is 18.0 Å². The fourth-order valence-electron chi connectivity index (χ4n) is 1.32. The van der Waals surface area contributed by atoms with E-state index in [4.69, 9.17) is 15.4 Å². The van der Waals surface area contributed by atoms with Crippen LogP contribution < -0.4 is 4.74 Å². The van der Waals surface area contributed by atoms with Crippen molar-refractivity contribution in [1.29, 1.82) is 0 Å². The van der Waals surface area contributed by atoms with E-state index >= 15 is 0 Å². The van der Waals surface area contributed by atoms with Crippen LogP contribution in [0.4, 0.5) is 0 Å². The largest absolute Gasteiger partial charge is 0.497 e. The summed E-state index contributed by atoms with van der Waals surface area (Å²) >= 11 is 0. The van der Waals surface area contributed by atoms with E-state index in [1.54, 1.807) is 13.2 Å². The Morgan fingerprint density at radius 2 is 2.40 bits per heavy atom. The lowest BCUT2D eigenvalue weighted by Gasteiger charge is -2.10. The topological polar surface area (TPSA) is 78.2 Å². The molecule has 0 fully saturated rings. The Morgan fingerprint density at radius 1 is 1.60 bits per heavy atom. The van der Waals surface area contributed by atoms with Gasteiger partial charge < -0.3 is 9.84 Å². The van der Waals surface area contributed by atoms with E-state index in [1.807, 2.05) is 18.2 Å². The number of benzene rings is 1. The zero-order chi connectivity index (χ0) is 11.1. The number of azide groups is 1. The molecular formula is C10H13N3O2. The second kappa shape index (κ2) is 5.90. The number of aliphatic hydroxyl groups excluding tert-OH is 1. The molecule has 1 atom stereocenters. The lowest BCUT2D eigenvalue weighted by Crippen LogP contribution is -1.98. The molecule has 0 bridgehead atoms. The highest BCUT2D eigenvalue weighted by molar-refractivity contribution is 5.30. The van der Waals surface area contributed by atoms with Crippen molar-refractivity contribution < 1.29 is 9.84 Å². The molecule has 0 aliphatic carbocycles. The Morgan fingerprint density at radius 3 is 3.00 bits per heavy atom. The first-order chi connectivity index (χ1) is 7.31. The van der Waals surface area contributed by atoms with Crippen LogP contribution in [-0.4, -0.2) is 18.8 Å². The van der Waals surface area contributed by atoms with Crippen molar-refractivity contribution in [2.75, 3.05) is 13.7 Å². The normalized spacial score (nSPS) is 11.6. The first kappa shape index (κ1) is 11.4. The maximum atomic E-state index is 8.84. The number of aliphatic hydroxyl groups is 1. The fourth-order valence-corrected chi connectivity index (χ4v) is 1.32. The lowest BCUT2D eigenvalue weighted by atomic mass is 10.0. The van der Waals surface area contributed by atoms with Crippen LogP contribution in [0, 0.1) is 0 Å². The summed E-state index contributed by atoms with van der Waals surface area (Å²) in [4.78, 5) is 2.76. The lowest BCUT2D eigenvalue weighted by molar-refractivity contribution is 0.276. The number of ether oxygens (including phenoxy) is 1. The molecular weight excluding hydrogens is 194 g/mol. The summed E-state index contributed by atoms with van der Waals surface area (Å²) in [6.45, 7) is -0.0130. The van der Waals surface area contributed by atoms with Gasteiger partial charge in [0.1, 0.15) is 5.75 Å². The van der Waals surface area contributed by atoms with Gasteiger partial charge in [-0.1, -0.05) is 17.2 Å². The highest BCUT2D eigenvalue weighted by Crippen LogP contribution is 2.24. The molecule has 5 nitrogen and oxygen atoms in total. The van der Waals surface area contributed by atoms with Gasteiger partial charge in [0.2, 0.25) is 0 Å². The van der Waals surface area contributed by atoms with Gasteiger partial charge in [-0.25, -0.2) is 0 Å². The average Bonchev–Trinajstić information content (AvgIpc) is 2.29. The highest BCUT2D eigenvalue weighted by Gasteiger charge is 2.09. The molecule has 1 aromatic carbocycles. The number of hydrogen-bond donors (Lipinski definition) is 1. The van der Waals surface area contributed by atoms with Crippen molar-refractivity contribution in [2.45, 2.75) is 12.5 Å². The Kier molecular flexibility index (Phi) is 4.47. The summed E-state index contributed by atoms with van der Waals surface area (Å²) in [5.74, 6) is 0.712. The zero-order valence-corrected chi connectivity index (χ0v) is 8.50. The van der Waals surface area contributed by atoms with Crippen LogP contribution in [0.2, 0.25) is 0 Å². The van der Waals surface area contributed by atoms with Crippen molar-refractivity contribution in [1.82, 2.24) is 0 Å². The summed E-state index contributed by atoms with van der Waals surface area (Å²) in [5.41, 5.74) is 9.24. The maximum absolute atomic E-state index is 8.84. The van der Waals surface area contributed by atoms with Crippen LogP contribution in [-0.2, 0) is 0 Å².